The van der Waals surface area contributed by atoms with Crippen molar-refractivity contribution in [1.82, 2.24) is 19.7 Å². The van der Waals surface area contributed by atoms with E-state index in [0.29, 0.717) is 27.8 Å². The maximum atomic E-state index is 13.5. The molecule has 0 radical (unpaired) electrons. The molecule has 0 bridgehead atoms. The van der Waals surface area contributed by atoms with Crippen LogP contribution in [0, 0.1) is 5.92 Å². The minimum Gasteiger partial charge on any atom is -0.408 e. The summed E-state index contributed by atoms with van der Waals surface area (Å²) in [5, 5.41) is 15.5. The highest BCUT2D eigenvalue weighted by molar-refractivity contribution is 7.99. The summed E-state index contributed by atoms with van der Waals surface area (Å²) in [6.45, 7) is 8.48. The maximum absolute atomic E-state index is 13.5. The Morgan fingerprint density at radius 1 is 1.25 bits per heavy atom. The van der Waals surface area contributed by atoms with E-state index in [9.17, 15) is 9.59 Å². The topological polar surface area (TPSA) is 103 Å². The van der Waals surface area contributed by atoms with Crippen molar-refractivity contribution in [3.63, 3.8) is 0 Å². The number of nitrogens with one attached hydrogen (secondary N) is 1. The first-order valence-corrected chi connectivity index (χ1v) is 12.9. The van der Waals surface area contributed by atoms with Crippen LogP contribution in [0.5, 0.6) is 0 Å². The van der Waals surface area contributed by atoms with E-state index in [4.69, 9.17) is 9.40 Å². The Labute approximate surface area is 197 Å². The van der Waals surface area contributed by atoms with Crippen LogP contribution in [0.2, 0.25) is 0 Å². The fraction of sp³-hybridized carbons (Fsp3) is 0.381. The molecule has 8 nitrogen and oxygen atoms in total. The number of hydrogen-bond donors (Lipinski definition) is 1. The number of thioether (sulfide) groups is 1. The number of nitrogens with zero attached hydrogens (tertiary/aromatic N) is 4. The largest absolute Gasteiger partial charge is 0.408 e. The van der Waals surface area contributed by atoms with Gasteiger partial charge in [-0.15, -0.1) is 27.8 Å². The van der Waals surface area contributed by atoms with Gasteiger partial charge in [-0.3, -0.25) is 19.5 Å². The van der Waals surface area contributed by atoms with Crippen LogP contribution in [0.1, 0.15) is 39.5 Å². The number of hydrogen-bond acceptors (Lipinski definition) is 9. The first kappa shape index (κ1) is 22.7. The van der Waals surface area contributed by atoms with Crippen molar-refractivity contribution in [3.8, 4) is 10.4 Å². The van der Waals surface area contributed by atoms with Gasteiger partial charge in [0.1, 0.15) is 4.83 Å². The van der Waals surface area contributed by atoms with Crippen molar-refractivity contribution >= 4 is 56.6 Å². The van der Waals surface area contributed by atoms with Crippen LogP contribution in [0.25, 0.3) is 20.7 Å². The molecule has 0 fully saturated rings. The second-order valence-corrected chi connectivity index (χ2v) is 10.7. The van der Waals surface area contributed by atoms with Gasteiger partial charge in [0, 0.05) is 28.3 Å². The Morgan fingerprint density at radius 3 is 2.72 bits per heavy atom. The highest BCUT2D eigenvalue weighted by atomic mass is 32.2. The maximum Gasteiger partial charge on any atom is 0.322 e. The van der Waals surface area contributed by atoms with Crippen LogP contribution in [-0.2, 0) is 11.3 Å². The van der Waals surface area contributed by atoms with E-state index in [1.54, 1.807) is 15.9 Å². The summed E-state index contributed by atoms with van der Waals surface area (Å²) >= 11 is 4.27. The lowest BCUT2D eigenvalue weighted by Gasteiger charge is -2.14. The van der Waals surface area contributed by atoms with E-state index in [2.05, 4.69) is 15.5 Å². The van der Waals surface area contributed by atoms with Crippen molar-refractivity contribution in [2.24, 2.45) is 5.92 Å². The molecule has 168 valence electrons. The van der Waals surface area contributed by atoms with Gasteiger partial charge in [-0.25, -0.2) is 4.98 Å². The third-order valence-corrected chi connectivity index (χ3v) is 7.26. The minimum atomic E-state index is -0.301. The van der Waals surface area contributed by atoms with Crippen LogP contribution in [0.3, 0.4) is 0 Å². The Kier molecular flexibility index (Phi) is 6.77. The average Bonchev–Trinajstić information content (AvgIpc) is 3.48. The summed E-state index contributed by atoms with van der Waals surface area (Å²) in [7, 11) is 0. The van der Waals surface area contributed by atoms with Gasteiger partial charge in [0.2, 0.25) is 11.8 Å². The zero-order chi connectivity index (χ0) is 22.8. The summed E-state index contributed by atoms with van der Waals surface area (Å²) in [4.78, 5) is 32.4. The molecule has 0 saturated heterocycles. The van der Waals surface area contributed by atoms with Gasteiger partial charge in [0.25, 0.3) is 5.56 Å². The molecule has 1 N–H and O–H groups in total. The molecule has 4 rings (SSSR count). The Balaban J connectivity index is 1.59. The second kappa shape index (κ2) is 9.55. The SMILES string of the molecule is CC(C)Cn1c(SCC(=O)Nc2nnc(C(C)C)o2)nc2scc(-c3cccs3)c2c1=O. The molecule has 0 unspecified atom stereocenters. The summed E-state index contributed by atoms with van der Waals surface area (Å²) in [6, 6.07) is 4.05. The highest BCUT2D eigenvalue weighted by Crippen LogP contribution is 2.34. The highest BCUT2D eigenvalue weighted by Gasteiger charge is 2.20. The fourth-order valence-corrected chi connectivity index (χ4v) is 5.67. The van der Waals surface area contributed by atoms with E-state index in [1.807, 2.05) is 50.6 Å². The summed E-state index contributed by atoms with van der Waals surface area (Å²) in [5.74, 6) is 0.555. The number of thiophene rings is 2. The lowest BCUT2D eigenvalue weighted by Crippen LogP contribution is -2.26. The van der Waals surface area contributed by atoms with E-state index in [1.165, 1.54) is 23.1 Å². The molecule has 0 aliphatic carbocycles. The third kappa shape index (κ3) is 4.79. The van der Waals surface area contributed by atoms with Crippen molar-refractivity contribution in [2.45, 2.75) is 45.3 Å². The van der Waals surface area contributed by atoms with Gasteiger partial charge in [0.05, 0.1) is 11.1 Å². The molecular formula is C21H23N5O3S3. The molecule has 0 atom stereocenters. The van der Waals surface area contributed by atoms with Crippen LogP contribution in [-0.4, -0.2) is 31.4 Å². The Hall–Kier alpha value is -2.50. The van der Waals surface area contributed by atoms with Gasteiger partial charge in [-0.1, -0.05) is 50.6 Å². The van der Waals surface area contributed by atoms with Gasteiger partial charge in [0.15, 0.2) is 5.16 Å². The fourth-order valence-electron chi connectivity index (χ4n) is 3.06. The summed E-state index contributed by atoms with van der Waals surface area (Å²) < 4.78 is 7.11. The van der Waals surface area contributed by atoms with Crippen LogP contribution in [0.4, 0.5) is 6.01 Å². The predicted octanol–water partition coefficient (Wildman–Crippen LogP) is 5.08. The number of carbonyl (C=O) groups excluding carboxylic acids is 1. The number of rotatable bonds is 8. The molecule has 4 aromatic rings. The molecular weight excluding hydrogens is 466 g/mol. The van der Waals surface area contributed by atoms with Crippen molar-refractivity contribution in [3.05, 3.63) is 39.1 Å². The second-order valence-electron chi connectivity index (χ2n) is 7.95. The number of anilines is 1. The monoisotopic (exact) mass is 489 g/mol. The van der Waals surface area contributed by atoms with E-state index < -0.39 is 0 Å². The minimum absolute atomic E-state index is 0.0680. The number of amides is 1. The number of aromatic nitrogens is 4. The standard InChI is InChI=1S/C21H23N5O3S3/c1-11(2)8-26-19(28)16-13(14-6-5-7-30-14)9-31-18(16)23-21(26)32-10-15(27)22-20-25-24-17(29-20)12(3)4/h5-7,9,11-12H,8,10H2,1-4H3,(H,22,25,27). The quantitative estimate of drug-likeness (QED) is 0.272. The summed E-state index contributed by atoms with van der Waals surface area (Å²) in [6.07, 6.45) is 0. The van der Waals surface area contributed by atoms with Crippen LogP contribution in [0.15, 0.2) is 37.3 Å². The molecule has 0 spiro atoms. The molecule has 11 heteroatoms. The predicted molar refractivity (Wildman–Crippen MR) is 130 cm³/mol. The van der Waals surface area contributed by atoms with Crippen LogP contribution >= 0.6 is 34.4 Å². The van der Waals surface area contributed by atoms with Crippen molar-refractivity contribution in [2.75, 3.05) is 11.1 Å². The molecule has 0 aliphatic rings. The van der Waals surface area contributed by atoms with E-state index in [0.717, 1.165) is 10.4 Å². The number of carbonyl (C=O) groups is 1. The van der Waals surface area contributed by atoms with Crippen molar-refractivity contribution < 1.29 is 9.21 Å². The summed E-state index contributed by atoms with van der Waals surface area (Å²) in [5.41, 5.74) is 0.844. The molecule has 0 aliphatic heterocycles. The van der Waals surface area contributed by atoms with Gasteiger partial charge in [-0.2, -0.15) is 0 Å². The molecule has 1 amide bonds. The molecule has 0 saturated carbocycles. The Bertz CT molecular complexity index is 1290. The van der Waals surface area contributed by atoms with Crippen molar-refractivity contribution in [1.29, 1.82) is 0 Å². The lowest BCUT2D eigenvalue weighted by molar-refractivity contribution is -0.113. The van der Waals surface area contributed by atoms with Gasteiger partial charge >= 0.3 is 6.01 Å². The molecule has 4 heterocycles. The zero-order valence-electron chi connectivity index (χ0n) is 18.1. The number of fused-ring (bicyclic) bond motifs is 1. The smallest absolute Gasteiger partial charge is 0.322 e. The normalized spacial score (nSPS) is 11.7. The van der Waals surface area contributed by atoms with E-state index >= 15 is 0 Å². The third-order valence-electron chi connectivity index (χ3n) is 4.51. The van der Waals surface area contributed by atoms with Gasteiger partial charge in [-0.05, 0) is 17.4 Å². The average molecular weight is 490 g/mol. The molecule has 32 heavy (non-hydrogen) atoms. The molecule has 4 aromatic heterocycles. The first-order chi connectivity index (χ1) is 15.3. The zero-order valence-corrected chi connectivity index (χ0v) is 20.6. The first-order valence-electron chi connectivity index (χ1n) is 10.2. The molecule has 0 aromatic carbocycles. The van der Waals surface area contributed by atoms with Crippen LogP contribution < -0.4 is 10.9 Å². The Morgan fingerprint density at radius 2 is 2.06 bits per heavy atom. The lowest BCUT2D eigenvalue weighted by atomic mass is 10.2. The van der Waals surface area contributed by atoms with E-state index in [-0.39, 0.29) is 35.1 Å². The van der Waals surface area contributed by atoms with Gasteiger partial charge < -0.3 is 4.42 Å².